The normalized spacial score (nSPS) is 19.7. The van der Waals surface area contributed by atoms with Crippen LogP contribution in [0, 0.1) is 5.41 Å². The molecule has 1 aliphatic heterocycles. The molecule has 2 aliphatic rings. The lowest BCUT2D eigenvalue weighted by Gasteiger charge is -2.42. The fourth-order valence-electron chi connectivity index (χ4n) is 4.96. The Morgan fingerprint density at radius 1 is 1.12 bits per heavy atom. The molecule has 1 saturated carbocycles. The predicted molar refractivity (Wildman–Crippen MR) is 142 cm³/mol. The summed E-state index contributed by atoms with van der Waals surface area (Å²) in [7, 11) is 1.81. The minimum atomic E-state index is -0.809. The number of hydrogen-bond acceptors (Lipinski definition) is 4. The van der Waals surface area contributed by atoms with E-state index in [1.165, 1.54) is 6.42 Å². The van der Waals surface area contributed by atoms with Gasteiger partial charge in [0.05, 0.1) is 24.1 Å². The summed E-state index contributed by atoms with van der Waals surface area (Å²) >= 11 is 5.99. The molecule has 0 spiro atoms. The van der Waals surface area contributed by atoms with Crippen LogP contribution in [0.3, 0.4) is 0 Å². The number of amides is 2. The highest BCUT2D eigenvalue weighted by Gasteiger charge is 2.42. The lowest BCUT2D eigenvalue weighted by atomic mass is 9.87. The molecule has 0 radical (unpaired) electrons. The molecule has 0 aromatic heterocycles. The topological polar surface area (TPSA) is 72.9 Å². The summed E-state index contributed by atoms with van der Waals surface area (Å²) in [5.74, 6) is 0.0833. The number of likely N-dealkylation sites (N-methyl/N-ethyl adjacent to an activating group) is 1. The first kappa shape index (κ1) is 31.0. The monoisotopic (exact) mass is 535 g/mol. The van der Waals surface area contributed by atoms with Crippen LogP contribution < -0.4 is 5.32 Å². The third kappa shape index (κ3) is 7.47. The van der Waals surface area contributed by atoms with Crippen molar-refractivity contribution in [2.24, 2.45) is 5.41 Å². The number of nitrogens with zero attached hydrogens (tertiary/aromatic N) is 2. The second-order valence-corrected chi connectivity index (χ2v) is 10.4. The van der Waals surface area contributed by atoms with Gasteiger partial charge in [-0.2, -0.15) is 0 Å². The van der Waals surface area contributed by atoms with Crippen molar-refractivity contribution in [1.29, 1.82) is 0 Å². The number of benzene rings is 1. The highest BCUT2D eigenvalue weighted by atomic mass is 35.5. The first-order valence-corrected chi connectivity index (χ1v) is 12.3. The molecule has 3 rings (SSSR count). The maximum Gasteiger partial charge on any atom is 0.240 e. The van der Waals surface area contributed by atoms with E-state index in [1.54, 1.807) is 0 Å². The fourth-order valence-corrected chi connectivity index (χ4v) is 5.09. The van der Waals surface area contributed by atoms with Crippen molar-refractivity contribution in [3.05, 3.63) is 34.9 Å². The lowest BCUT2D eigenvalue weighted by Crippen LogP contribution is -2.55. The van der Waals surface area contributed by atoms with E-state index in [-0.39, 0.29) is 61.4 Å². The first-order chi connectivity index (χ1) is 15.3. The van der Waals surface area contributed by atoms with Gasteiger partial charge in [0.15, 0.2) is 0 Å². The Morgan fingerprint density at radius 2 is 1.74 bits per heavy atom. The third-order valence-corrected chi connectivity index (χ3v) is 7.30. The molecule has 6 nitrogen and oxygen atoms in total. The number of carbonyl (C=O) groups is 2. The smallest absolute Gasteiger partial charge is 0.240 e. The highest BCUT2D eigenvalue weighted by molar-refractivity contribution is 6.30. The van der Waals surface area contributed by atoms with Crippen molar-refractivity contribution in [2.75, 3.05) is 26.7 Å². The van der Waals surface area contributed by atoms with Gasteiger partial charge in [-0.3, -0.25) is 9.59 Å². The van der Waals surface area contributed by atoms with E-state index in [9.17, 15) is 14.7 Å². The lowest BCUT2D eigenvalue weighted by molar-refractivity contribution is -0.149. The highest BCUT2D eigenvalue weighted by Crippen LogP contribution is 2.32. The zero-order valence-electron chi connectivity index (χ0n) is 20.5. The molecular weight excluding hydrogens is 497 g/mol. The summed E-state index contributed by atoms with van der Waals surface area (Å²) in [5, 5.41) is 13.7. The van der Waals surface area contributed by atoms with Crippen molar-refractivity contribution >= 4 is 48.2 Å². The summed E-state index contributed by atoms with van der Waals surface area (Å²) in [6.07, 6.45) is 6.87. The number of aliphatic hydroxyl groups excluding tert-OH is 1. The molecule has 2 atom stereocenters. The van der Waals surface area contributed by atoms with Crippen LogP contribution in [0.1, 0.15) is 57.9 Å². The summed E-state index contributed by atoms with van der Waals surface area (Å²) in [6.45, 7) is 4.66. The number of nitrogens with one attached hydrogen (secondary N) is 1. The number of carbonyl (C=O) groups excluding carboxylic acids is 2. The van der Waals surface area contributed by atoms with Gasteiger partial charge in [0.2, 0.25) is 11.8 Å². The van der Waals surface area contributed by atoms with Crippen LogP contribution in [0.15, 0.2) is 24.3 Å². The van der Waals surface area contributed by atoms with Gasteiger partial charge in [-0.1, -0.05) is 43.0 Å². The van der Waals surface area contributed by atoms with E-state index < -0.39 is 5.41 Å². The Bertz CT molecular complexity index is 785. The average molecular weight is 537 g/mol. The number of likely N-dealkylation sites (tertiary alicyclic amines) is 1. The zero-order chi connectivity index (χ0) is 23.3. The number of hydrogen-bond donors (Lipinski definition) is 2. The summed E-state index contributed by atoms with van der Waals surface area (Å²) < 4.78 is 0. The standard InChI is InChI=1S/C25H38ClN3O3.2ClH/c1-25(2,17-30)24(32)29(20-7-5-4-6-8-20)21-13-14-28(16-21)23(31)22(27-3)15-18-9-11-19(26)12-10-18;;/h9-12,20-22,27,30H,4-8,13-17H2,1-3H3;2*1H/t21-,22+;;/m0../s1. The van der Waals surface area contributed by atoms with Crippen LogP contribution in [0.5, 0.6) is 0 Å². The van der Waals surface area contributed by atoms with Crippen molar-refractivity contribution in [3.8, 4) is 0 Å². The van der Waals surface area contributed by atoms with Crippen LogP contribution in [-0.2, 0) is 16.0 Å². The molecule has 1 aromatic rings. The molecule has 1 aromatic carbocycles. The van der Waals surface area contributed by atoms with Crippen LogP contribution in [0.4, 0.5) is 0 Å². The molecule has 9 heteroatoms. The molecule has 1 aliphatic carbocycles. The van der Waals surface area contributed by atoms with E-state index in [0.29, 0.717) is 24.5 Å². The minimum Gasteiger partial charge on any atom is -0.395 e. The molecule has 2 N–H and O–H groups in total. The Kier molecular flexibility index (Phi) is 12.7. The molecule has 194 valence electrons. The summed E-state index contributed by atoms with van der Waals surface area (Å²) in [5.41, 5.74) is 0.248. The van der Waals surface area contributed by atoms with Crippen LogP contribution >= 0.6 is 36.4 Å². The number of aliphatic hydroxyl groups is 1. The molecule has 0 unspecified atom stereocenters. The summed E-state index contributed by atoms with van der Waals surface area (Å²) in [6, 6.07) is 7.49. The van der Waals surface area contributed by atoms with Gasteiger partial charge in [-0.25, -0.2) is 0 Å². The van der Waals surface area contributed by atoms with E-state index >= 15 is 0 Å². The molecule has 0 bridgehead atoms. The van der Waals surface area contributed by atoms with Gasteiger partial charge in [0.1, 0.15) is 0 Å². The van der Waals surface area contributed by atoms with Crippen LogP contribution in [0.2, 0.25) is 5.02 Å². The van der Waals surface area contributed by atoms with Gasteiger partial charge >= 0.3 is 0 Å². The van der Waals surface area contributed by atoms with Crippen molar-refractivity contribution in [2.45, 2.75) is 76.9 Å². The van der Waals surface area contributed by atoms with Crippen molar-refractivity contribution in [3.63, 3.8) is 0 Å². The fraction of sp³-hybridized carbons (Fsp3) is 0.680. The first-order valence-electron chi connectivity index (χ1n) is 11.9. The van der Waals surface area contributed by atoms with Gasteiger partial charge in [-0.05, 0) is 64.3 Å². The molecule has 1 saturated heterocycles. The Hall–Kier alpha value is -1.05. The van der Waals surface area contributed by atoms with E-state index in [1.807, 2.05) is 55.0 Å². The van der Waals surface area contributed by atoms with E-state index in [2.05, 4.69) is 5.32 Å². The number of rotatable bonds is 8. The predicted octanol–water partition coefficient (Wildman–Crippen LogP) is 4.09. The SMILES string of the molecule is CN[C@H](Cc1ccc(Cl)cc1)C(=O)N1CC[C@H](N(C(=O)C(C)(C)CO)C2CCCCC2)C1.Cl.Cl. The van der Waals surface area contributed by atoms with E-state index in [0.717, 1.165) is 37.7 Å². The third-order valence-electron chi connectivity index (χ3n) is 7.04. The van der Waals surface area contributed by atoms with Gasteiger partial charge in [0.25, 0.3) is 0 Å². The second kappa shape index (κ2) is 13.9. The summed E-state index contributed by atoms with van der Waals surface area (Å²) in [4.78, 5) is 30.7. The van der Waals surface area contributed by atoms with Crippen LogP contribution in [0.25, 0.3) is 0 Å². The van der Waals surface area contributed by atoms with Gasteiger partial charge < -0.3 is 20.2 Å². The Labute approximate surface area is 221 Å². The maximum atomic E-state index is 13.5. The maximum absolute atomic E-state index is 13.5. The molecule has 2 fully saturated rings. The molecule has 1 heterocycles. The average Bonchev–Trinajstić information content (AvgIpc) is 3.28. The second-order valence-electron chi connectivity index (χ2n) is 9.94. The van der Waals surface area contributed by atoms with Crippen molar-refractivity contribution in [1.82, 2.24) is 15.1 Å². The quantitative estimate of drug-likeness (QED) is 0.525. The van der Waals surface area contributed by atoms with E-state index in [4.69, 9.17) is 11.6 Å². The molecule has 34 heavy (non-hydrogen) atoms. The van der Waals surface area contributed by atoms with Crippen LogP contribution in [-0.4, -0.2) is 71.6 Å². The van der Waals surface area contributed by atoms with Crippen molar-refractivity contribution < 1.29 is 14.7 Å². The Morgan fingerprint density at radius 3 is 2.29 bits per heavy atom. The molecule has 2 amide bonds. The van der Waals surface area contributed by atoms with Gasteiger partial charge in [0, 0.05) is 24.2 Å². The largest absolute Gasteiger partial charge is 0.395 e. The Balaban J connectivity index is 0.00000289. The zero-order valence-corrected chi connectivity index (χ0v) is 22.9. The minimum absolute atomic E-state index is 0. The number of halogens is 3. The van der Waals surface area contributed by atoms with Gasteiger partial charge in [-0.15, -0.1) is 24.8 Å². The molecular formula is C25H40Cl3N3O3.